The van der Waals surface area contributed by atoms with Crippen molar-refractivity contribution in [2.75, 3.05) is 18.6 Å². The molecule has 1 aliphatic rings. The third-order valence-corrected chi connectivity index (χ3v) is 7.13. The summed E-state index contributed by atoms with van der Waals surface area (Å²) in [6.07, 6.45) is 3.36. The molecule has 0 aromatic heterocycles. The maximum Gasteiger partial charge on any atom is 0.335 e. The maximum atomic E-state index is 13.5. The zero-order valence-corrected chi connectivity index (χ0v) is 23.8. The number of hydrogen-bond acceptors (Lipinski definition) is 6. The topological polar surface area (TPSA) is 94.2 Å². The first-order valence-corrected chi connectivity index (χ1v) is 13.8. The van der Waals surface area contributed by atoms with Gasteiger partial charge < -0.3 is 14.2 Å². The molecule has 4 aromatic carbocycles. The number of methoxy groups -OCH3 is 1. The highest BCUT2D eigenvalue weighted by molar-refractivity contribution is 6.39. The number of urea groups is 1. The van der Waals surface area contributed by atoms with E-state index in [4.69, 9.17) is 14.2 Å². The monoisotopic (exact) mass is 564 g/mol. The van der Waals surface area contributed by atoms with Gasteiger partial charge in [-0.15, -0.1) is 0 Å². The van der Waals surface area contributed by atoms with Crippen LogP contribution in [0.3, 0.4) is 0 Å². The Bertz CT molecular complexity index is 1680. The SMILES string of the molecule is CCCCOc1ccc(N2C(=O)NC(=O)/C(=C/c3ccc(OC)cc3OCc3c(C)ccc4ccccc34)C2=O)cc1. The number of nitrogens with one attached hydrogen (secondary N) is 1. The number of carbonyl (C=O) groups excluding carboxylic acids is 3. The minimum atomic E-state index is -0.820. The van der Waals surface area contributed by atoms with Gasteiger partial charge >= 0.3 is 6.03 Å². The Morgan fingerprint density at radius 3 is 2.40 bits per heavy atom. The van der Waals surface area contributed by atoms with Crippen LogP contribution in [0.5, 0.6) is 17.2 Å². The number of nitrogens with zero attached hydrogens (tertiary/aromatic N) is 1. The van der Waals surface area contributed by atoms with Gasteiger partial charge in [0, 0.05) is 17.2 Å². The third-order valence-electron chi connectivity index (χ3n) is 7.13. The molecule has 8 heteroatoms. The van der Waals surface area contributed by atoms with Crippen LogP contribution >= 0.6 is 0 Å². The van der Waals surface area contributed by atoms with E-state index in [0.717, 1.165) is 39.6 Å². The Hall–Kier alpha value is -5.11. The first-order chi connectivity index (χ1) is 20.4. The Kier molecular flexibility index (Phi) is 8.52. The lowest BCUT2D eigenvalue weighted by Gasteiger charge is -2.26. The normalized spacial score (nSPS) is 14.3. The van der Waals surface area contributed by atoms with E-state index in [9.17, 15) is 14.4 Å². The molecule has 0 aliphatic carbocycles. The van der Waals surface area contributed by atoms with Gasteiger partial charge in [0.1, 0.15) is 29.4 Å². The van der Waals surface area contributed by atoms with Crippen molar-refractivity contribution in [3.63, 3.8) is 0 Å². The average molecular weight is 565 g/mol. The second-order valence-corrected chi connectivity index (χ2v) is 9.93. The number of benzene rings is 4. The summed E-state index contributed by atoms with van der Waals surface area (Å²) in [5.41, 5.74) is 2.71. The first-order valence-electron chi connectivity index (χ1n) is 13.8. The zero-order chi connectivity index (χ0) is 29.6. The molecular weight excluding hydrogens is 532 g/mol. The molecule has 0 bridgehead atoms. The lowest BCUT2D eigenvalue weighted by Crippen LogP contribution is -2.54. The maximum absolute atomic E-state index is 13.5. The third kappa shape index (κ3) is 5.98. The Morgan fingerprint density at radius 2 is 1.64 bits per heavy atom. The number of rotatable bonds is 10. The van der Waals surface area contributed by atoms with Gasteiger partial charge in [0.15, 0.2) is 0 Å². The number of imide groups is 2. The second kappa shape index (κ2) is 12.6. The lowest BCUT2D eigenvalue weighted by atomic mass is 10.0. The summed E-state index contributed by atoms with van der Waals surface area (Å²) in [5, 5.41) is 4.46. The molecule has 8 nitrogen and oxygen atoms in total. The van der Waals surface area contributed by atoms with E-state index in [1.54, 1.807) is 49.6 Å². The van der Waals surface area contributed by atoms with Crippen LogP contribution in [-0.2, 0) is 16.2 Å². The smallest absolute Gasteiger partial charge is 0.335 e. The van der Waals surface area contributed by atoms with Gasteiger partial charge in [-0.3, -0.25) is 14.9 Å². The van der Waals surface area contributed by atoms with Crippen molar-refractivity contribution in [2.45, 2.75) is 33.3 Å². The number of amides is 4. The molecule has 5 rings (SSSR count). The van der Waals surface area contributed by atoms with Gasteiger partial charge in [0.25, 0.3) is 11.8 Å². The molecule has 1 saturated heterocycles. The number of carbonyl (C=O) groups is 3. The van der Waals surface area contributed by atoms with Crippen molar-refractivity contribution in [1.29, 1.82) is 0 Å². The minimum absolute atomic E-state index is 0.200. The van der Waals surface area contributed by atoms with Crippen molar-refractivity contribution in [1.82, 2.24) is 5.32 Å². The van der Waals surface area contributed by atoms with Crippen LogP contribution in [0.4, 0.5) is 10.5 Å². The number of barbiturate groups is 1. The molecule has 1 fully saturated rings. The molecule has 0 unspecified atom stereocenters. The van der Waals surface area contributed by atoms with Crippen molar-refractivity contribution in [3.8, 4) is 17.2 Å². The summed E-state index contributed by atoms with van der Waals surface area (Å²) in [5.74, 6) is 0.0824. The van der Waals surface area contributed by atoms with Gasteiger partial charge in [-0.25, -0.2) is 9.69 Å². The van der Waals surface area contributed by atoms with Crippen LogP contribution in [0, 0.1) is 6.92 Å². The van der Waals surface area contributed by atoms with Crippen LogP contribution in [0.2, 0.25) is 0 Å². The molecule has 0 spiro atoms. The highest BCUT2D eigenvalue weighted by atomic mass is 16.5. The van der Waals surface area contributed by atoms with Crippen molar-refractivity contribution in [3.05, 3.63) is 101 Å². The van der Waals surface area contributed by atoms with Crippen LogP contribution in [0.1, 0.15) is 36.5 Å². The summed E-state index contributed by atoms with van der Waals surface area (Å²) in [6.45, 7) is 4.94. The van der Waals surface area contributed by atoms with Gasteiger partial charge in [-0.2, -0.15) is 0 Å². The number of fused-ring (bicyclic) bond motifs is 1. The molecule has 0 atom stereocenters. The van der Waals surface area contributed by atoms with E-state index in [2.05, 4.69) is 30.4 Å². The predicted octanol–water partition coefficient (Wildman–Crippen LogP) is 6.58. The fourth-order valence-electron chi connectivity index (χ4n) is 4.75. The highest BCUT2D eigenvalue weighted by Crippen LogP contribution is 2.31. The van der Waals surface area contributed by atoms with Gasteiger partial charge in [-0.05, 0) is 72.2 Å². The number of ether oxygens (including phenoxy) is 3. The van der Waals surface area contributed by atoms with Gasteiger partial charge in [0.05, 0.1) is 19.4 Å². The van der Waals surface area contributed by atoms with Crippen molar-refractivity contribution >= 4 is 40.4 Å². The molecule has 4 aromatic rings. The quantitative estimate of drug-likeness (QED) is 0.133. The Labute approximate surface area is 244 Å². The molecule has 0 saturated carbocycles. The van der Waals surface area contributed by atoms with Crippen LogP contribution in [0.25, 0.3) is 16.8 Å². The molecule has 1 N–H and O–H groups in total. The van der Waals surface area contributed by atoms with Crippen LogP contribution < -0.4 is 24.4 Å². The summed E-state index contributed by atoms with van der Waals surface area (Å²) < 4.78 is 17.4. The fraction of sp³-hybridized carbons (Fsp3) is 0.206. The fourth-order valence-corrected chi connectivity index (χ4v) is 4.75. The average Bonchev–Trinajstić information content (AvgIpc) is 3.00. The standard InChI is InChI=1S/C34H32N2O6/c1-4-5-18-41-26-16-13-25(14-17-26)36-33(38)29(32(37)35-34(36)39)19-24-12-15-27(40-3)20-31(24)42-21-30-22(2)10-11-23-8-6-7-9-28(23)30/h6-17,19-20H,4-5,18,21H2,1-3H3,(H,35,37,39)/b29-19-. The molecule has 0 radical (unpaired) electrons. The number of unbranched alkanes of at least 4 members (excludes halogenated alkanes) is 1. The van der Waals surface area contributed by atoms with Gasteiger partial charge in [-0.1, -0.05) is 49.7 Å². The van der Waals surface area contributed by atoms with E-state index in [0.29, 0.717) is 35.1 Å². The largest absolute Gasteiger partial charge is 0.497 e. The van der Waals surface area contributed by atoms with E-state index in [1.807, 2.05) is 25.1 Å². The van der Waals surface area contributed by atoms with Crippen molar-refractivity contribution < 1.29 is 28.6 Å². The summed E-state index contributed by atoms with van der Waals surface area (Å²) in [4.78, 5) is 40.1. The molecule has 1 aliphatic heterocycles. The summed E-state index contributed by atoms with van der Waals surface area (Å²) >= 11 is 0. The lowest BCUT2D eigenvalue weighted by molar-refractivity contribution is -0.122. The molecule has 42 heavy (non-hydrogen) atoms. The Morgan fingerprint density at radius 1 is 0.881 bits per heavy atom. The molecule has 4 amide bonds. The van der Waals surface area contributed by atoms with Gasteiger partial charge in [0.2, 0.25) is 0 Å². The van der Waals surface area contributed by atoms with E-state index in [1.165, 1.54) is 6.08 Å². The van der Waals surface area contributed by atoms with Crippen LogP contribution in [-0.4, -0.2) is 31.6 Å². The van der Waals surface area contributed by atoms with E-state index in [-0.39, 0.29) is 12.2 Å². The van der Waals surface area contributed by atoms with Crippen LogP contribution in [0.15, 0.2) is 84.4 Å². The molecule has 1 heterocycles. The predicted molar refractivity (Wildman–Crippen MR) is 162 cm³/mol. The molecule has 214 valence electrons. The summed E-state index contributed by atoms with van der Waals surface area (Å²) in [6, 6.07) is 23.1. The van der Waals surface area contributed by atoms with Crippen molar-refractivity contribution in [2.24, 2.45) is 0 Å². The highest BCUT2D eigenvalue weighted by Gasteiger charge is 2.37. The minimum Gasteiger partial charge on any atom is -0.497 e. The van der Waals surface area contributed by atoms with E-state index < -0.39 is 17.8 Å². The van der Waals surface area contributed by atoms with E-state index >= 15 is 0 Å². The first kappa shape index (κ1) is 28.4. The second-order valence-electron chi connectivity index (χ2n) is 9.93. The zero-order valence-electron chi connectivity index (χ0n) is 23.8. The molecular formula is C34H32N2O6. The summed E-state index contributed by atoms with van der Waals surface area (Å²) in [7, 11) is 1.55. The number of hydrogen-bond donors (Lipinski definition) is 1. The Balaban J connectivity index is 1.44. The number of aryl methyl sites for hydroxylation is 1. The number of anilines is 1.